The second kappa shape index (κ2) is 10.6. The number of esters is 1. The maximum atomic E-state index is 13.5. The van der Waals surface area contributed by atoms with E-state index in [0.29, 0.717) is 27.8 Å². The molecular formula is C24H26ClN3O4S. The number of halogens is 1. The molecule has 1 aliphatic rings. The highest BCUT2D eigenvalue weighted by molar-refractivity contribution is 7.23. The second-order valence-electron chi connectivity index (χ2n) is 7.87. The van der Waals surface area contributed by atoms with E-state index in [9.17, 15) is 9.59 Å². The van der Waals surface area contributed by atoms with Crippen LogP contribution in [0.15, 0.2) is 36.4 Å². The van der Waals surface area contributed by atoms with Crippen molar-refractivity contribution in [3.63, 3.8) is 0 Å². The number of nitrogens with zero attached hydrogens (tertiary/aromatic N) is 3. The molecule has 0 N–H and O–H groups in total. The number of rotatable bonds is 7. The highest BCUT2D eigenvalue weighted by atomic mass is 35.5. The molecule has 0 atom stereocenters. The van der Waals surface area contributed by atoms with Gasteiger partial charge in [0.2, 0.25) is 0 Å². The van der Waals surface area contributed by atoms with Crippen molar-refractivity contribution in [2.45, 2.75) is 13.3 Å². The number of methoxy groups -OCH3 is 1. The first kappa shape index (κ1) is 23.6. The zero-order valence-electron chi connectivity index (χ0n) is 18.7. The first-order valence-electron chi connectivity index (χ1n) is 10.8. The Labute approximate surface area is 201 Å². The molecule has 1 fully saturated rings. The fraction of sp³-hybridized carbons (Fsp3) is 0.375. The molecule has 1 amide bonds. The van der Waals surface area contributed by atoms with Gasteiger partial charge in [0.15, 0.2) is 5.13 Å². The summed E-state index contributed by atoms with van der Waals surface area (Å²) in [6.07, 6.45) is 0.800. The zero-order chi connectivity index (χ0) is 23.4. The van der Waals surface area contributed by atoms with Crippen molar-refractivity contribution in [3.05, 3.63) is 58.1 Å². The number of fused-ring (bicyclic) bond motifs is 1. The summed E-state index contributed by atoms with van der Waals surface area (Å²) in [4.78, 5) is 34.1. The average molecular weight is 488 g/mol. The van der Waals surface area contributed by atoms with E-state index in [1.165, 1.54) is 18.4 Å². The number of anilines is 1. The Hall–Kier alpha value is -2.52. The number of amides is 1. The van der Waals surface area contributed by atoms with Crippen LogP contribution in [0.2, 0.25) is 5.02 Å². The van der Waals surface area contributed by atoms with Crippen molar-refractivity contribution in [2.75, 3.05) is 51.4 Å². The first-order valence-corrected chi connectivity index (χ1v) is 12.0. The van der Waals surface area contributed by atoms with Gasteiger partial charge in [0.05, 0.1) is 41.1 Å². The van der Waals surface area contributed by atoms with E-state index in [1.54, 1.807) is 29.2 Å². The molecule has 1 aliphatic heterocycles. The van der Waals surface area contributed by atoms with Gasteiger partial charge in [-0.1, -0.05) is 29.0 Å². The van der Waals surface area contributed by atoms with Crippen LogP contribution in [0.25, 0.3) is 10.2 Å². The Balaban J connectivity index is 1.60. The van der Waals surface area contributed by atoms with E-state index < -0.39 is 5.97 Å². The molecule has 0 bridgehead atoms. The molecule has 0 radical (unpaired) electrons. The summed E-state index contributed by atoms with van der Waals surface area (Å²) in [5, 5.41) is 1.24. The lowest BCUT2D eigenvalue weighted by Crippen LogP contribution is -2.39. The predicted octanol–water partition coefficient (Wildman–Crippen LogP) is 4.41. The zero-order valence-corrected chi connectivity index (χ0v) is 20.2. The lowest BCUT2D eigenvalue weighted by atomic mass is 10.1. The summed E-state index contributed by atoms with van der Waals surface area (Å²) in [6, 6.07) is 10.3. The SMILES string of the molecule is COC(=O)c1ccc(C(=O)N(CCCN2CCOCC2)c2nc3c(C)ccc(Cl)c3s2)cc1. The molecule has 2 aromatic carbocycles. The molecule has 1 aromatic heterocycles. The van der Waals surface area contributed by atoms with E-state index in [0.717, 1.165) is 55.0 Å². The summed E-state index contributed by atoms with van der Waals surface area (Å²) in [7, 11) is 1.33. The van der Waals surface area contributed by atoms with Gasteiger partial charge in [0.25, 0.3) is 5.91 Å². The van der Waals surface area contributed by atoms with Gasteiger partial charge in [-0.15, -0.1) is 0 Å². The van der Waals surface area contributed by atoms with Gasteiger partial charge < -0.3 is 9.47 Å². The monoisotopic (exact) mass is 487 g/mol. The summed E-state index contributed by atoms with van der Waals surface area (Å²) in [5.41, 5.74) is 2.71. The fourth-order valence-corrected chi connectivity index (χ4v) is 5.13. The smallest absolute Gasteiger partial charge is 0.337 e. The minimum atomic E-state index is -0.437. The normalized spacial score (nSPS) is 14.4. The van der Waals surface area contributed by atoms with Gasteiger partial charge in [0, 0.05) is 31.7 Å². The van der Waals surface area contributed by atoms with E-state index in [2.05, 4.69) is 4.90 Å². The van der Waals surface area contributed by atoms with Crippen molar-refractivity contribution in [2.24, 2.45) is 0 Å². The maximum Gasteiger partial charge on any atom is 0.337 e. The van der Waals surface area contributed by atoms with Crippen LogP contribution < -0.4 is 4.90 Å². The van der Waals surface area contributed by atoms with Crippen LogP contribution in [0.1, 0.15) is 32.7 Å². The highest BCUT2D eigenvalue weighted by Crippen LogP contribution is 2.36. The number of benzene rings is 2. The Kier molecular flexibility index (Phi) is 7.60. The van der Waals surface area contributed by atoms with Gasteiger partial charge in [-0.3, -0.25) is 14.6 Å². The van der Waals surface area contributed by atoms with Gasteiger partial charge >= 0.3 is 5.97 Å². The topological polar surface area (TPSA) is 72.0 Å². The third-order valence-electron chi connectivity index (χ3n) is 5.67. The van der Waals surface area contributed by atoms with Crippen molar-refractivity contribution in [1.29, 1.82) is 0 Å². The number of ether oxygens (including phenoxy) is 2. The molecule has 174 valence electrons. The molecule has 7 nitrogen and oxygen atoms in total. The number of morpholine rings is 1. The van der Waals surface area contributed by atoms with Crippen LogP contribution >= 0.6 is 22.9 Å². The molecule has 1 saturated heterocycles. The summed E-state index contributed by atoms with van der Waals surface area (Å²) >= 11 is 7.84. The van der Waals surface area contributed by atoms with Gasteiger partial charge in [-0.05, 0) is 49.2 Å². The standard InChI is InChI=1S/C24H26ClN3O4S/c1-16-4-9-19(25)21-20(16)26-24(33-21)28(11-3-10-27-12-14-32-15-13-27)22(29)17-5-7-18(8-6-17)23(30)31-2/h4-9H,3,10-15H2,1-2H3. The van der Waals surface area contributed by atoms with Crippen molar-refractivity contribution in [3.8, 4) is 0 Å². The summed E-state index contributed by atoms with van der Waals surface area (Å²) < 4.78 is 11.0. The van der Waals surface area contributed by atoms with Gasteiger partial charge in [-0.25, -0.2) is 9.78 Å². The molecule has 33 heavy (non-hydrogen) atoms. The Bertz CT molecular complexity index is 1100. The van der Waals surface area contributed by atoms with Crippen LogP contribution in [0.4, 0.5) is 5.13 Å². The number of carbonyl (C=O) groups is 2. The third-order valence-corrected chi connectivity index (χ3v) is 7.21. The average Bonchev–Trinajstić information content (AvgIpc) is 3.30. The number of carbonyl (C=O) groups excluding carboxylic acids is 2. The molecule has 3 aromatic rings. The lowest BCUT2D eigenvalue weighted by molar-refractivity contribution is 0.0376. The van der Waals surface area contributed by atoms with Crippen LogP contribution in [-0.4, -0.2) is 68.3 Å². The van der Waals surface area contributed by atoms with Crippen LogP contribution in [0.3, 0.4) is 0 Å². The lowest BCUT2D eigenvalue weighted by Gasteiger charge is -2.27. The Morgan fingerprint density at radius 3 is 2.52 bits per heavy atom. The number of aryl methyl sites for hydroxylation is 1. The van der Waals surface area contributed by atoms with E-state index >= 15 is 0 Å². The molecule has 0 unspecified atom stereocenters. The van der Waals surface area contributed by atoms with E-state index in [1.807, 2.05) is 19.1 Å². The van der Waals surface area contributed by atoms with Crippen LogP contribution in [0, 0.1) is 6.92 Å². The molecule has 9 heteroatoms. The first-order chi connectivity index (χ1) is 16.0. The Morgan fingerprint density at radius 1 is 1.15 bits per heavy atom. The van der Waals surface area contributed by atoms with Crippen molar-refractivity contribution in [1.82, 2.24) is 9.88 Å². The van der Waals surface area contributed by atoms with Crippen molar-refractivity contribution >= 4 is 50.2 Å². The third kappa shape index (κ3) is 5.35. The summed E-state index contributed by atoms with van der Waals surface area (Å²) in [6.45, 7) is 6.66. The van der Waals surface area contributed by atoms with Crippen LogP contribution in [0.5, 0.6) is 0 Å². The number of hydrogen-bond acceptors (Lipinski definition) is 7. The maximum absolute atomic E-state index is 13.5. The molecule has 2 heterocycles. The van der Waals surface area contributed by atoms with Crippen LogP contribution in [-0.2, 0) is 9.47 Å². The molecule has 0 spiro atoms. The van der Waals surface area contributed by atoms with Gasteiger partial charge in [-0.2, -0.15) is 0 Å². The van der Waals surface area contributed by atoms with E-state index in [-0.39, 0.29) is 5.91 Å². The largest absolute Gasteiger partial charge is 0.465 e. The van der Waals surface area contributed by atoms with E-state index in [4.69, 9.17) is 26.1 Å². The number of thiazole rings is 1. The minimum Gasteiger partial charge on any atom is -0.465 e. The number of aromatic nitrogens is 1. The quantitative estimate of drug-likeness (QED) is 0.459. The molecule has 0 saturated carbocycles. The molecule has 4 rings (SSSR count). The van der Waals surface area contributed by atoms with Crippen molar-refractivity contribution < 1.29 is 19.1 Å². The Morgan fingerprint density at radius 2 is 1.85 bits per heavy atom. The molecule has 0 aliphatic carbocycles. The fourth-order valence-electron chi connectivity index (χ4n) is 3.79. The second-order valence-corrected chi connectivity index (χ2v) is 9.26. The summed E-state index contributed by atoms with van der Waals surface area (Å²) in [5.74, 6) is -0.603. The highest BCUT2D eigenvalue weighted by Gasteiger charge is 2.23. The number of hydrogen-bond donors (Lipinski definition) is 0. The predicted molar refractivity (Wildman–Crippen MR) is 131 cm³/mol. The minimum absolute atomic E-state index is 0.166. The molecular weight excluding hydrogens is 462 g/mol. The van der Waals surface area contributed by atoms with Gasteiger partial charge in [0.1, 0.15) is 0 Å².